The standard InChI is InChI=1S/C7H14O4.C6H13NO4.CH4/c8-3-4-1-2-5(9)7(11)6(4)10;8-2-3-5(10)6(11)4(9)1-7-3;/h4-11H,1-3H2;3-11H,1-2H2;1H4/t4?,5?,6-,7+;3-,4?,5?,6-;/m11./s1. The first-order valence-corrected chi connectivity index (χ1v) is 7.37. The third-order valence-electron chi connectivity index (χ3n) is 4.24. The molecule has 9 heteroatoms. The van der Waals surface area contributed by atoms with Crippen molar-refractivity contribution in [1.82, 2.24) is 5.32 Å². The van der Waals surface area contributed by atoms with Crippen LogP contribution in [0.1, 0.15) is 20.3 Å². The summed E-state index contributed by atoms with van der Waals surface area (Å²) in [6, 6.07) is -0.534. The molecule has 2 rings (SSSR count). The second-order valence-electron chi connectivity index (χ2n) is 5.81. The van der Waals surface area contributed by atoms with Crippen LogP contribution >= 0.6 is 0 Å². The Balaban J connectivity index is 0.000000403. The van der Waals surface area contributed by atoms with E-state index in [4.69, 9.17) is 30.6 Å². The Morgan fingerprint density at radius 1 is 0.696 bits per heavy atom. The molecule has 23 heavy (non-hydrogen) atoms. The Hall–Kier alpha value is -0.360. The lowest BCUT2D eigenvalue weighted by molar-refractivity contribution is -0.118. The fourth-order valence-electron chi connectivity index (χ4n) is 2.58. The quantitative estimate of drug-likeness (QED) is 0.243. The summed E-state index contributed by atoms with van der Waals surface area (Å²) in [5.41, 5.74) is 0. The smallest absolute Gasteiger partial charge is 0.109 e. The minimum absolute atomic E-state index is 0. The second kappa shape index (κ2) is 10.5. The van der Waals surface area contributed by atoms with E-state index in [9.17, 15) is 10.2 Å². The zero-order valence-corrected chi connectivity index (χ0v) is 12.2. The van der Waals surface area contributed by atoms with E-state index in [0.29, 0.717) is 12.8 Å². The summed E-state index contributed by atoms with van der Waals surface area (Å²) >= 11 is 0. The van der Waals surface area contributed by atoms with Gasteiger partial charge in [-0.15, -0.1) is 0 Å². The molecule has 4 unspecified atom stereocenters. The molecule has 1 saturated heterocycles. The third kappa shape index (κ3) is 5.89. The summed E-state index contributed by atoms with van der Waals surface area (Å²) in [5, 5.41) is 74.8. The van der Waals surface area contributed by atoms with Gasteiger partial charge in [-0.05, 0) is 12.8 Å². The predicted octanol–water partition coefficient (Wildman–Crippen LogP) is -3.86. The van der Waals surface area contributed by atoms with E-state index in [0.717, 1.165) is 0 Å². The Kier molecular flexibility index (Phi) is 10.3. The predicted molar refractivity (Wildman–Crippen MR) is 81.5 cm³/mol. The molecule has 0 aromatic carbocycles. The van der Waals surface area contributed by atoms with Gasteiger partial charge in [0.2, 0.25) is 0 Å². The van der Waals surface area contributed by atoms with Crippen LogP contribution in [-0.2, 0) is 0 Å². The lowest BCUT2D eigenvalue weighted by atomic mass is 9.83. The van der Waals surface area contributed by atoms with Gasteiger partial charge in [0.25, 0.3) is 0 Å². The highest BCUT2D eigenvalue weighted by Gasteiger charge is 2.36. The molecule has 0 aromatic heterocycles. The largest absolute Gasteiger partial charge is 0.396 e. The molecule has 1 heterocycles. The van der Waals surface area contributed by atoms with E-state index in [1.165, 1.54) is 0 Å². The fraction of sp³-hybridized carbons (Fsp3) is 1.00. The van der Waals surface area contributed by atoms with Gasteiger partial charge in [-0.3, -0.25) is 0 Å². The van der Waals surface area contributed by atoms with E-state index >= 15 is 0 Å². The maximum absolute atomic E-state index is 9.24. The van der Waals surface area contributed by atoms with Crippen molar-refractivity contribution in [3.63, 3.8) is 0 Å². The highest BCUT2D eigenvalue weighted by atomic mass is 16.4. The molecular formula is C14H31NO8. The second-order valence-corrected chi connectivity index (χ2v) is 5.81. The lowest BCUT2D eigenvalue weighted by Crippen LogP contribution is -2.60. The average molecular weight is 341 g/mol. The van der Waals surface area contributed by atoms with Crippen LogP contribution in [0, 0.1) is 5.92 Å². The molecular weight excluding hydrogens is 310 g/mol. The van der Waals surface area contributed by atoms with Gasteiger partial charge in [-0.25, -0.2) is 0 Å². The van der Waals surface area contributed by atoms with Crippen molar-refractivity contribution >= 4 is 0 Å². The van der Waals surface area contributed by atoms with Crippen LogP contribution in [0.4, 0.5) is 0 Å². The zero-order valence-electron chi connectivity index (χ0n) is 12.2. The molecule has 2 aliphatic rings. The molecule has 8 atom stereocenters. The van der Waals surface area contributed by atoms with Crippen molar-refractivity contribution in [3.05, 3.63) is 0 Å². The van der Waals surface area contributed by atoms with Gasteiger partial charge in [0.15, 0.2) is 0 Å². The van der Waals surface area contributed by atoms with Gasteiger partial charge in [-0.2, -0.15) is 0 Å². The first-order chi connectivity index (χ1) is 10.3. The van der Waals surface area contributed by atoms with Crippen molar-refractivity contribution < 1.29 is 40.9 Å². The third-order valence-corrected chi connectivity index (χ3v) is 4.24. The molecule has 2 fully saturated rings. The number of rotatable bonds is 2. The van der Waals surface area contributed by atoms with Crippen LogP contribution in [0.25, 0.3) is 0 Å². The average Bonchev–Trinajstić information content (AvgIpc) is 2.51. The lowest BCUT2D eigenvalue weighted by Gasteiger charge is -2.34. The van der Waals surface area contributed by atoms with E-state index in [-0.39, 0.29) is 33.1 Å². The van der Waals surface area contributed by atoms with E-state index in [1.54, 1.807) is 0 Å². The zero-order chi connectivity index (χ0) is 16.9. The number of nitrogens with one attached hydrogen (secondary N) is 1. The van der Waals surface area contributed by atoms with Gasteiger partial charge in [0, 0.05) is 19.1 Å². The van der Waals surface area contributed by atoms with Gasteiger partial charge >= 0.3 is 0 Å². The van der Waals surface area contributed by atoms with Crippen LogP contribution in [0.2, 0.25) is 0 Å². The van der Waals surface area contributed by atoms with Crippen LogP contribution in [0.15, 0.2) is 0 Å². The Labute approximate surface area is 135 Å². The van der Waals surface area contributed by atoms with E-state index < -0.39 is 42.7 Å². The minimum atomic E-state index is -1.16. The van der Waals surface area contributed by atoms with E-state index in [1.807, 2.05) is 0 Å². The Morgan fingerprint density at radius 3 is 1.78 bits per heavy atom. The molecule has 0 amide bonds. The molecule has 0 bridgehead atoms. The molecule has 0 spiro atoms. The molecule has 0 radical (unpaired) electrons. The van der Waals surface area contributed by atoms with Crippen LogP contribution in [0.5, 0.6) is 0 Å². The van der Waals surface area contributed by atoms with Gasteiger partial charge in [0.05, 0.1) is 37.1 Å². The van der Waals surface area contributed by atoms with Crippen molar-refractivity contribution in [3.8, 4) is 0 Å². The van der Waals surface area contributed by atoms with E-state index in [2.05, 4.69) is 5.32 Å². The first kappa shape index (κ1) is 22.6. The van der Waals surface area contributed by atoms with Gasteiger partial charge in [0.1, 0.15) is 12.2 Å². The topological polar surface area (TPSA) is 174 Å². The normalized spacial score (nSPS) is 43.8. The number of β-amino-alcohol motifs (C(OH)–C–C–N with tert-alkyl or cyclic N) is 1. The fourth-order valence-corrected chi connectivity index (χ4v) is 2.58. The number of hydrogen-bond acceptors (Lipinski definition) is 9. The number of piperidine rings is 1. The number of aliphatic hydroxyl groups excluding tert-OH is 8. The molecule has 140 valence electrons. The molecule has 0 aromatic rings. The number of hydrogen-bond donors (Lipinski definition) is 9. The molecule has 9 nitrogen and oxygen atoms in total. The monoisotopic (exact) mass is 341 g/mol. The summed E-state index contributed by atoms with van der Waals surface area (Å²) in [4.78, 5) is 0. The summed E-state index contributed by atoms with van der Waals surface area (Å²) in [6.07, 6.45) is -5.11. The highest BCUT2D eigenvalue weighted by molar-refractivity contribution is 4.91. The SMILES string of the molecule is C.OCC1CCC(O)[C@H](O)[C@@H]1O.OC[C@H]1NCC(O)[C@@H](O)C1O. The first-order valence-electron chi connectivity index (χ1n) is 7.37. The summed E-state index contributed by atoms with van der Waals surface area (Å²) < 4.78 is 0. The van der Waals surface area contributed by atoms with Crippen LogP contribution in [0.3, 0.4) is 0 Å². The Morgan fingerprint density at radius 2 is 1.26 bits per heavy atom. The molecule has 1 aliphatic heterocycles. The maximum atomic E-state index is 9.24. The van der Waals surface area contributed by atoms with Crippen molar-refractivity contribution in [2.45, 2.75) is 62.9 Å². The molecule has 1 aliphatic carbocycles. The van der Waals surface area contributed by atoms with Crippen LogP contribution < -0.4 is 5.32 Å². The maximum Gasteiger partial charge on any atom is 0.109 e. The molecule has 9 N–H and O–H groups in total. The summed E-state index contributed by atoms with van der Waals surface area (Å²) in [6.45, 7) is -0.181. The van der Waals surface area contributed by atoms with Gasteiger partial charge < -0.3 is 46.2 Å². The Bertz CT molecular complexity index is 287. The van der Waals surface area contributed by atoms with Gasteiger partial charge in [-0.1, -0.05) is 7.43 Å². The van der Waals surface area contributed by atoms with Crippen LogP contribution in [-0.4, -0.2) is 103 Å². The van der Waals surface area contributed by atoms with Crippen molar-refractivity contribution in [1.29, 1.82) is 0 Å². The summed E-state index contributed by atoms with van der Waals surface area (Å²) in [7, 11) is 0. The minimum Gasteiger partial charge on any atom is -0.396 e. The number of aliphatic hydroxyl groups is 8. The van der Waals surface area contributed by atoms with Crippen molar-refractivity contribution in [2.24, 2.45) is 5.92 Å². The van der Waals surface area contributed by atoms with Crippen molar-refractivity contribution in [2.75, 3.05) is 19.8 Å². The highest BCUT2D eigenvalue weighted by Crippen LogP contribution is 2.24. The summed E-state index contributed by atoms with van der Waals surface area (Å²) in [5.74, 6) is -0.284. The molecule has 1 saturated carbocycles.